The number of Topliss-reactive ketones (excluding diaryl/α,β-unsaturated/α-hetero) is 1. The highest BCUT2D eigenvalue weighted by atomic mass is 16.7. The smallest absolute Gasteiger partial charge is 0.270 e. The summed E-state index contributed by atoms with van der Waals surface area (Å²) in [5, 5.41) is 10.8. The Morgan fingerprint density at radius 3 is 2.76 bits per heavy atom. The maximum absolute atomic E-state index is 12.5. The second kappa shape index (κ2) is 6.36. The third kappa shape index (κ3) is 3.03. The van der Waals surface area contributed by atoms with Gasteiger partial charge in [0.1, 0.15) is 11.3 Å². The van der Waals surface area contributed by atoms with Crippen LogP contribution in [0.25, 0.3) is 0 Å². The van der Waals surface area contributed by atoms with Gasteiger partial charge in [0.25, 0.3) is 5.69 Å². The van der Waals surface area contributed by atoms with Gasteiger partial charge in [-0.25, -0.2) is 0 Å². The molecule has 1 heterocycles. The van der Waals surface area contributed by atoms with Crippen LogP contribution in [0.1, 0.15) is 24.2 Å². The van der Waals surface area contributed by atoms with Crippen LogP contribution in [0, 0.1) is 10.1 Å². The van der Waals surface area contributed by atoms with Crippen molar-refractivity contribution in [3.63, 3.8) is 0 Å². The quantitative estimate of drug-likeness (QED) is 0.358. The molecule has 7 nitrogen and oxygen atoms in total. The highest BCUT2D eigenvalue weighted by molar-refractivity contribution is 6.12. The Balaban J connectivity index is 2.44. The molecule has 0 unspecified atom stereocenters. The molecular weight excluding hydrogens is 278 g/mol. The number of nitrogens with zero attached hydrogens (tertiary/aromatic N) is 1. The van der Waals surface area contributed by atoms with Crippen LogP contribution in [0.15, 0.2) is 30.0 Å². The van der Waals surface area contributed by atoms with E-state index in [1.165, 1.54) is 24.5 Å². The zero-order chi connectivity index (χ0) is 15.4. The number of nitro groups is 1. The second-order valence-corrected chi connectivity index (χ2v) is 4.20. The predicted molar refractivity (Wildman–Crippen MR) is 73.2 cm³/mol. The number of nitro benzene ring substituents is 1. The molecule has 21 heavy (non-hydrogen) atoms. The van der Waals surface area contributed by atoms with Crippen molar-refractivity contribution in [2.75, 3.05) is 13.2 Å². The number of hydrogen-bond donors (Lipinski definition) is 0. The van der Waals surface area contributed by atoms with E-state index in [1.807, 2.05) is 0 Å². The molecule has 0 aliphatic carbocycles. The lowest BCUT2D eigenvalue weighted by Crippen LogP contribution is -2.32. The number of fused-ring (bicyclic) bond motifs is 1. The first-order valence-electron chi connectivity index (χ1n) is 6.51. The van der Waals surface area contributed by atoms with E-state index < -0.39 is 17.0 Å². The summed E-state index contributed by atoms with van der Waals surface area (Å²) in [6.07, 6.45) is 0.410. The first-order valence-corrected chi connectivity index (χ1v) is 6.51. The van der Waals surface area contributed by atoms with Gasteiger partial charge in [-0.15, -0.1) is 0 Å². The Morgan fingerprint density at radius 1 is 1.38 bits per heavy atom. The van der Waals surface area contributed by atoms with Crippen molar-refractivity contribution in [1.82, 2.24) is 0 Å². The van der Waals surface area contributed by atoms with Crippen molar-refractivity contribution >= 4 is 11.5 Å². The van der Waals surface area contributed by atoms with Gasteiger partial charge >= 0.3 is 0 Å². The number of non-ortho nitro benzene ring substituents is 1. The average Bonchev–Trinajstić information content (AvgIpc) is 2.47. The van der Waals surface area contributed by atoms with Gasteiger partial charge < -0.3 is 14.2 Å². The molecule has 0 amide bonds. The van der Waals surface area contributed by atoms with E-state index in [4.69, 9.17) is 14.2 Å². The number of rotatable bonds is 5. The average molecular weight is 293 g/mol. The normalized spacial score (nSPS) is 19.0. The topological polar surface area (TPSA) is 87.9 Å². The summed E-state index contributed by atoms with van der Waals surface area (Å²) in [6.45, 7) is 4.29. The Bertz CT molecular complexity index is 595. The summed E-state index contributed by atoms with van der Waals surface area (Å²) < 4.78 is 16.1. The molecule has 1 aromatic carbocycles. The largest absolute Gasteiger partial charge is 0.501 e. The van der Waals surface area contributed by atoms with Crippen molar-refractivity contribution in [1.29, 1.82) is 0 Å². The summed E-state index contributed by atoms with van der Waals surface area (Å²) >= 11 is 0. The molecule has 1 aromatic rings. The number of ether oxygens (including phenoxy) is 3. The van der Waals surface area contributed by atoms with Gasteiger partial charge in [0.05, 0.1) is 23.4 Å². The van der Waals surface area contributed by atoms with E-state index in [-0.39, 0.29) is 22.6 Å². The van der Waals surface area contributed by atoms with Gasteiger partial charge in [-0.2, -0.15) is 0 Å². The van der Waals surface area contributed by atoms with Crippen LogP contribution in [0.3, 0.4) is 0 Å². The van der Waals surface area contributed by atoms with E-state index in [9.17, 15) is 14.9 Å². The summed E-state index contributed by atoms with van der Waals surface area (Å²) in [5.74, 6) is -0.135. The maximum atomic E-state index is 12.5. The molecule has 0 saturated heterocycles. The Hall–Kier alpha value is -2.41. The maximum Gasteiger partial charge on any atom is 0.270 e. The Kier molecular flexibility index (Phi) is 4.54. The number of benzene rings is 1. The van der Waals surface area contributed by atoms with Crippen LogP contribution in [0.4, 0.5) is 5.69 Å². The summed E-state index contributed by atoms with van der Waals surface area (Å²) in [7, 11) is 0. The third-order valence-electron chi connectivity index (χ3n) is 2.86. The number of carbonyl (C=O) groups excluding carboxylic acids is 1. The van der Waals surface area contributed by atoms with E-state index in [2.05, 4.69) is 0 Å². The molecule has 0 spiro atoms. The first-order chi connectivity index (χ1) is 10.1. The van der Waals surface area contributed by atoms with Gasteiger partial charge in [0, 0.05) is 18.7 Å². The van der Waals surface area contributed by atoms with Gasteiger partial charge in [-0.05, 0) is 19.9 Å². The highest BCUT2D eigenvalue weighted by Gasteiger charge is 2.34. The van der Waals surface area contributed by atoms with Crippen molar-refractivity contribution < 1.29 is 23.9 Å². The first kappa shape index (κ1) is 15.0. The molecule has 0 aromatic heterocycles. The van der Waals surface area contributed by atoms with E-state index in [1.54, 1.807) is 13.8 Å². The summed E-state index contributed by atoms with van der Waals surface area (Å²) in [4.78, 5) is 22.7. The van der Waals surface area contributed by atoms with E-state index in [0.29, 0.717) is 13.2 Å². The number of hydrogen-bond acceptors (Lipinski definition) is 6. The van der Waals surface area contributed by atoms with Crippen LogP contribution in [-0.2, 0) is 9.47 Å². The van der Waals surface area contributed by atoms with Crippen molar-refractivity contribution in [3.05, 3.63) is 45.7 Å². The fourth-order valence-electron chi connectivity index (χ4n) is 1.91. The van der Waals surface area contributed by atoms with E-state index in [0.717, 1.165) is 0 Å². The fourth-order valence-corrected chi connectivity index (χ4v) is 1.91. The van der Waals surface area contributed by atoms with Crippen LogP contribution >= 0.6 is 0 Å². The molecule has 0 saturated carbocycles. The Morgan fingerprint density at radius 2 is 2.14 bits per heavy atom. The molecule has 0 N–H and O–H groups in total. The van der Waals surface area contributed by atoms with Crippen LogP contribution in [0.2, 0.25) is 0 Å². The lowest BCUT2D eigenvalue weighted by Gasteiger charge is -2.26. The molecular formula is C14H15NO6. The molecule has 2 rings (SSSR count). The lowest BCUT2D eigenvalue weighted by atomic mass is 9.99. The minimum absolute atomic E-state index is 0.131. The van der Waals surface area contributed by atoms with Crippen LogP contribution in [-0.4, -0.2) is 30.2 Å². The molecule has 0 bridgehead atoms. The molecule has 1 aliphatic rings. The summed E-state index contributed by atoms with van der Waals surface area (Å²) in [6, 6.07) is 3.88. The molecule has 7 heteroatoms. The fraction of sp³-hybridized carbons (Fsp3) is 0.357. The Labute approximate surface area is 121 Å². The monoisotopic (exact) mass is 293 g/mol. The van der Waals surface area contributed by atoms with Crippen molar-refractivity contribution in [2.45, 2.75) is 20.1 Å². The number of ketones is 1. The molecule has 1 aliphatic heterocycles. The van der Waals surface area contributed by atoms with Gasteiger partial charge in [-0.3, -0.25) is 14.9 Å². The minimum atomic E-state index is -0.872. The van der Waals surface area contributed by atoms with Gasteiger partial charge in [0.2, 0.25) is 12.1 Å². The molecule has 0 radical (unpaired) electrons. The van der Waals surface area contributed by atoms with Crippen LogP contribution in [0.5, 0.6) is 5.75 Å². The third-order valence-corrected chi connectivity index (χ3v) is 2.86. The SMILES string of the molecule is CCO/C=C1/C(=O)c2cc([N+](=O)[O-])ccc2O[C@H]1OCC. The molecule has 1 atom stereocenters. The molecule has 112 valence electrons. The van der Waals surface area contributed by atoms with Gasteiger partial charge in [-0.1, -0.05) is 0 Å². The van der Waals surface area contributed by atoms with Gasteiger partial charge in [0.15, 0.2) is 0 Å². The standard InChI is InChI=1S/C14H15NO6/c1-3-19-8-11-13(16)10-7-9(15(17)18)5-6-12(10)21-14(11)20-4-2/h5-8,14H,3-4H2,1-2H3/b11-8-/t14-/m1/s1. The highest BCUT2D eigenvalue weighted by Crippen LogP contribution is 2.33. The van der Waals surface area contributed by atoms with Crippen LogP contribution < -0.4 is 4.74 Å². The van der Waals surface area contributed by atoms with Crippen molar-refractivity contribution in [2.24, 2.45) is 0 Å². The zero-order valence-corrected chi connectivity index (χ0v) is 11.7. The zero-order valence-electron chi connectivity index (χ0n) is 11.7. The van der Waals surface area contributed by atoms with Crippen molar-refractivity contribution in [3.8, 4) is 5.75 Å². The van der Waals surface area contributed by atoms with E-state index >= 15 is 0 Å². The predicted octanol–water partition coefficient (Wildman–Crippen LogP) is 2.45. The minimum Gasteiger partial charge on any atom is -0.501 e. The summed E-state index contributed by atoms with van der Waals surface area (Å²) in [5.41, 5.74) is 0.147. The number of carbonyl (C=O) groups is 1. The molecule has 0 fully saturated rings. The lowest BCUT2D eigenvalue weighted by molar-refractivity contribution is -0.384. The second-order valence-electron chi connectivity index (χ2n) is 4.20.